The number of benzene rings is 1. The third-order valence-electron chi connectivity index (χ3n) is 3.08. The highest BCUT2D eigenvalue weighted by Crippen LogP contribution is 2.27. The number of aromatic nitrogens is 2. The van der Waals surface area contributed by atoms with Gasteiger partial charge in [0.05, 0.1) is 11.9 Å². The van der Waals surface area contributed by atoms with Crippen LogP contribution in [0.1, 0.15) is 18.4 Å². The molecular weight excluding hydrogens is 297 g/mol. The van der Waals surface area contributed by atoms with Gasteiger partial charge in [0, 0.05) is 28.2 Å². The van der Waals surface area contributed by atoms with Gasteiger partial charge in [0.15, 0.2) is 0 Å². The van der Waals surface area contributed by atoms with Gasteiger partial charge < -0.3 is 5.32 Å². The highest BCUT2D eigenvalue weighted by molar-refractivity contribution is 9.10. The maximum absolute atomic E-state index is 13.9. The van der Waals surface area contributed by atoms with Crippen LogP contribution in [0, 0.1) is 5.82 Å². The zero-order chi connectivity index (χ0) is 12.5. The van der Waals surface area contributed by atoms with E-state index in [9.17, 15) is 4.39 Å². The Balaban J connectivity index is 1.88. The average molecular weight is 310 g/mol. The maximum atomic E-state index is 13.9. The number of H-pyrrole nitrogens is 1. The van der Waals surface area contributed by atoms with E-state index in [-0.39, 0.29) is 5.82 Å². The van der Waals surface area contributed by atoms with Crippen molar-refractivity contribution in [3.05, 3.63) is 40.2 Å². The van der Waals surface area contributed by atoms with Crippen LogP contribution in [0.2, 0.25) is 0 Å². The van der Waals surface area contributed by atoms with E-state index in [1.165, 1.54) is 18.9 Å². The van der Waals surface area contributed by atoms with E-state index in [2.05, 4.69) is 31.4 Å². The second-order valence-electron chi connectivity index (χ2n) is 4.55. The molecule has 94 valence electrons. The molecule has 1 aliphatic rings. The summed E-state index contributed by atoms with van der Waals surface area (Å²) in [5, 5.41) is 10.3. The zero-order valence-electron chi connectivity index (χ0n) is 9.71. The topological polar surface area (TPSA) is 40.7 Å². The molecule has 0 spiro atoms. The van der Waals surface area contributed by atoms with E-state index >= 15 is 0 Å². The quantitative estimate of drug-likeness (QED) is 0.910. The molecule has 0 bridgehead atoms. The van der Waals surface area contributed by atoms with Crippen molar-refractivity contribution in [2.45, 2.75) is 25.4 Å². The Labute approximate surface area is 113 Å². The van der Waals surface area contributed by atoms with Gasteiger partial charge in [-0.15, -0.1) is 0 Å². The molecule has 0 radical (unpaired) electrons. The van der Waals surface area contributed by atoms with E-state index in [4.69, 9.17) is 0 Å². The highest BCUT2D eigenvalue weighted by Gasteiger charge is 2.21. The monoisotopic (exact) mass is 309 g/mol. The lowest BCUT2D eigenvalue weighted by Crippen LogP contribution is -2.15. The summed E-state index contributed by atoms with van der Waals surface area (Å²) in [6.07, 6.45) is 4.23. The Morgan fingerprint density at radius 1 is 1.44 bits per heavy atom. The van der Waals surface area contributed by atoms with Crippen LogP contribution < -0.4 is 5.32 Å². The molecule has 0 aliphatic heterocycles. The number of halogens is 2. The van der Waals surface area contributed by atoms with Gasteiger partial charge in [-0.3, -0.25) is 5.10 Å². The zero-order valence-corrected chi connectivity index (χ0v) is 11.3. The molecule has 0 atom stereocenters. The molecule has 1 saturated carbocycles. The van der Waals surface area contributed by atoms with Gasteiger partial charge in [0.2, 0.25) is 0 Å². The summed E-state index contributed by atoms with van der Waals surface area (Å²) in [6, 6.07) is 5.68. The van der Waals surface area contributed by atoms with Gasteiger partial charge in [-0.1, -0.05) is 15.9 Å². The van der Waals surface area contributed by atoms with Crippen LogP contribution >= 0.6 is 15.9 Å². The van der Waals surface area contributed by atoms with Gasteiger partial charge in [0.25, 0.3) is 0 Å². The summed E-state index contributed by atoms with van der Waals surface area (Å²) in [6.45, 7) is 0.728. The van der Waals surface area contributed by atoms with Crippen molar-refractivity contribution in [2.24, 2.45) is 0 Å². The largest absolute Gasteiger partial charge is 0.310 e. The molecule has 1 aromatic heterocycles. The van der Waals surface area contributed by atoms with E-state index in [1.807, 2.05) is 6.07 Å². The van der Waals surface area contributed by atoms with Gasteiger partial charge in [-0.05, 0) is 31.0 Å². The van der Waals surface area contributed by atoms with Crippen LogP contribution in [0.5, 0.6) is 0 Å². The van der Waals surface area contributed by atoms with Crippen molar-refractivity contribution >= 4 is 15.9 Å². The van der Waals surface area contributed by atoms with Crippen molar-refractivity contribution in [3.8, 4) is 11.3 Å². The van der Waals surface area contributed by atoms with E-state index in [0.29, 0.717) is 11.6 Å². The summed E-state index contributed by atoms with van der Waals surface area (Å²) < 4.78 is 14.6. The molecule has 0 amide bonds. The smallest absolute Gasteiger partial charge is 0.133 e. The molecule has 1 aromatic carbocycles. The molecule has 2 aromatic rings. The Kier molecular flexibility index (Phi) is 3.18. The van der Waals surface area contributed by atoms with E-state index in [1.54, 1.807) is 12.3 Å². The molecule has 5 heteroatoms. The Hall–Kier alpha value is -1.20. The first-order chi connectivity index (χ1) is 8.74. The standard InChI is InChI=1S/C13H13BrFN3/c14-9-1-4-11(12(15)5-9)13-8(7-17-18-13)6-16-10-2-3-10/h1,4-5,7,10,16H,2-3,6H2,(H,17,18). The van der Waals surface area contributed by atoms with Crippen molar-refractivity contribution in [1.29, 1.82) is 0 Å². The van der Waals surface area contributed by atoms with Crippen molar-refractivity contribution in [1.82, 2.24) is 15.5 Å². The lowest BCUT2D eigenvalue weighted by Gasteiger charge is -2.06. The van der Waals surface area contributed by atoms with Crippen LogP contribution in [0.15, 0.2) is 28.9 Å². The molecule has 18 heavy (non-hydrogen) atoms. The fraction of sp³-hybridized carbons (Fsp3) is 0.308. The van der Waals surface area contributed by atoms with E-state index < -0.39 is 0 Å². The molecule has 1 heterocycles. The number of hydrogen-bond donors (Lipinski definition) is 2. The summed E-state index contributed by atoms with van der Waals surface area (Å²) in [5.74, 6) is -0.249. The first kappa shape index (κ1) is 11.9. The molecule has 3 nitrogen and oxygen atoms in total. The van der Waals surface area contributed by atoms with E-state index in [0.717, 1.165) is 22.3 Å². The highest BCUT2D eigenvalue weighted by atomic mass is 79.9. The maximum Gasteiger partial charge on any atom is 0.133 e. The predicted octanol–water partition coefficient (Wildman–Crippen LogP) is 3.23. The minimum atomic E-state index is -0.249. The third-order valence-corrected chi connectivity index (χ3v) is 3.57. The van der Waals surface area contributed by atoms with Crippen molar-refractivity contribution < 1.29 is 4.39 Å². The second-order valence-corrected chi connectivity index (χ2v) is 5.47. The fourth-order valence-corrected chi connectivity index (χ4v) is 2.25. The minimum absolute atomic E-state index is 0.249. The number of rotatable bonds is 4. The fourth-order valence-electron chi connectivity index (χ4n) is 1.91. The molecular formula is C13H13BrFN3. The summed E-state index contributed by atoms with van der Waals surface area (Å²) in [5.41, 5.74) is 2.32. The number of nitrogens with zero attached hydrogens (tertiary/aromatic N) is 1. The van der Waals surface area contributed by atoms with Crippen LogP contribution in [-0.4, -0.2) is 16.2 Å². The second kappa shape index (κ2) is 4.82. The molecule has 0 saturated heterocycles. The SMILES string of the molecule is Fc1cc(Br)ccc1-c1[nH]ncc1CNC1CC1. The summed E-state index contributed by atoms with van der Waals surface area (Å²) in [7, 11) is 0. The molecule has 2 N–H and O–H groups in total. The van der Waals surface area contributed by atoms with Crippen LogP contribution in [0.3, 0.4) is 0 Å². The summed E-state index contributed by atoms with van der Waals surface area (Å²) >= 11 is 3.26. The number of nitrogens with one attached hydrogen (secondary N) is 2. The normalized spacial score (nSPS) is 15.0. The van der Waals surface area contributed by atoms with Gasteiger partial charge >= 0.3 is 0 Å². The molecule has 0 unspecified atom stereocenters. The average Bonchev–Trinajstić information content (AvgIpc) is 3.06. The molecule has 3 rings (SSSR count). The van der Waals surface area contributed by atoms with Crippen LogP contribution in [-0.2, 0) is 6.54 Å². The molecule has 1 aliphatic carbocycles. The Morgan fingerprint density at radius 2 is 2.28 bits per heavy atom. The first-order valence-corrected chi connectivity index (χ1v) is 6.74. The Bertz CT molecular complexity index is 563. The predicted molar refractivity (Wildman–Crippen MR) is 71.5 cm³/mol. The Morgan fingerprint density at radius 3 is 3.00 bits per heavy atom. The van der Waals surface area contributed by atoms with Gasteiger partial charge in [-0.25, -0.2) is 4.39 Å². The first-order valence-electron chi connectivity index (χ1n) is 5.95. The van der Waals surface area contributed by atoms with Gasteiger partial charge in [-0.2, -0.15) is 5.10 Å². The van der Waals surface area contributed by atoms with Crippen LogP contribution in [0.4, 0.5) is 4.39 Å². The van der Waals surface area contributed by atoms with Crippen LogP contribution in [0.25, 0.3) is 11.3 Å². The van der Waals surface area contributed by atoms with Crippen molar-refractivity contribution in [3.63, 3.8) is 0 Å². The van der Waals surface area contributed by atoms with Gasteiger partial charge in [0.1, 0.15) is 5.82 Å². The minimum Gasteiger partial charge on any atom is -0.310 e. The lowest BCUT2D eigenvalue weighted by atomic mass is 10.1. The molecule has 1 fully saturated rings. The third kappa shape index (κ3) is 2.47. The lowest BCUT2D eigenvalue weighted by molar-refractivity contribution is 0.629. The van der Waals surface area contributed by atoms with Crippen molar-refractivity contribution in [2.75, 3.05) is 0 Å². The number of hydrogen-bond acceptors (Lipinski definition) is 2. The summed E-state index contributed by atoms with van der Waals surface area (Å²) in [4.78, 5) is 0. The number of aromatic amines is 1.